The molecule has 0 aliphatic heterocycles. The predicted octanol–water partition coefficient (Wildman–Crippen LogP) is 4.20. The number of rotatable bonds is 9. The molecule has 2 radical (unpaired) electrons. The Hall–Kier alpha value is 0.558. The second-order valence-electron chi connectivity index (χ2n) is 3.65. The van der Waals surface area contributed by atoms with Gasteiger partial charge in [-0.05, 0) is 0 Å². The van der Waals surface area contributed by atoms with E-state index in [4.69, 9.17) is 0 Å². The minimum absolute atomic E-state index is 1.30. The molecule has 0 fully saturated rings. The summed E-state index contributed by atoms with van der Waals surface area (Å²) < 4.78 is 2.20. The van der Waals surface area contributed by atoms with Crippen LogP contribution < -0.4 is 0 Å². The van der Waals surface area contributed by atoms with E-state index in [1.807, 2.05) is 0 Å². The molecule has 0 heterocycles. The summed E-state index contributed by atoms with van der Waals surface area (Å²) in [5.74, 6) is 0. The monoisotopic (exact) mass is 288 g/mol. The van der Waals surface area contributed by atoms with Crippen molar-refractivity contribution < 1.29 is 0 Å². The van der Waals surface area contributed by atoms with Crippen LogP contribution in [0, 0.1) is 0 Å². The van der Waals surface area contributed by atoms with Crippen molar-refractivity contribution in [3.63, 3.8) is 0 Å². The summed E-state index contributed by atoms with van der Waals surface area (Å²) in [6.07, 6.45) is 15.0. The molecule has 0 aromatic carbocycles. The van der Waals surface area contributed by atoms with Gasteiger partial charge in [-0.3, -0.25) is 0 Å². The minimum atomic E-state index is 1.30. The predicted molar refractivity (Wildman–Crippen MR) is 62.1 cm³/mol. The summed E-state index contributed by atoms with van der Waals surface area (Å²) >= 11 is 1.79. The molecule has 0 unspecified atom stereocenters. The Morgan fingerprint density at radius 1 is 0.846 bits per heavy atom. The van der Waals surface area contributed by atoms with Crippen molar-refractivity contribution in [1.29, 1.82) is 0 Å². The molecular formula is C12H23Sb. The van der Waals surface area contributed by atoms with E-state index in [9.17, 15) is 0 Å². The first-order chi connectivity index (χ1) is 6.41. The van der Waals surface area contributed by atoms with Gasteiger partial charge in [-0.25, -0.2) is 0 Å². The summed E-state index contributed by atoms with van der Waals surface area (Å²) in [7, 11) is 0. The van der Waals surface area contributed by atoms with Crippen LogP contribution >= 0.6 is 0 Å². The standard InChI is InChI=1S/C12H23.Sb/c1-3-5-7-9-11-12-10-8-6-4-2;/h1,3H,4-12H2,2H3;. The zero-order valence-electron chi connectivity index (χ0n) is 8.97. The van der Waals surface area contributed by atoms with E-state index in [0.29, 0.717) is 0 Å². The SMILES string of the molecule is CCCCCCCCCC/C=[CH]/[Sb]. The Balaban J connectivity index is 2.83. The molecule has 0 saturated carbocycles. The van der Waals surface area contributed by atoms with Crippen LogP contribution in [0.1, 0.15) is 64.7 Å². The quantitative estimate of drug-likeness (QED) is 0.441. The molecule has 0 N–H and O–H groups in total. The third-order valence-corrected chi connectivity index (χ3v) is 2.93. The Labute approximate surface area is 97.7 Å². The molecule has 0 spiro atoms. The van der Waals surface area contributed by atoms with Gasteiger partial charge in [-0.2, -0.15) is 0 Å². The van der Waals surface area contributed by atoms with E-state index in [-0.39, 0.29) is 0 Å². The zero-order chi connectivity index (χ0) is 9.78. The van der Waals surface area contributed by atoms with Gasteiger partial charge in [0, 0.05) is 0 Å². The number of unbranched alkanes of at least 4 members (excludes halogenated alkanes) is 8. The van der Waals surface area contributed by atoms with Gasteiger partial charge in [0.25, 0.3) is 0 Å². The summed E-state index contributed by atoms with van der Waals surface area (Å²) in [5, 5.41) is 0. The summed E-state index contributed by atoms with van der Waals surface area (Å²) in [6.45, 7) is 2.28. The van der Waals surface area contributed by atoms with Crippen molar-refractivity contribution >= 4 is 23.0 Å². The zero-order valence-corrected chi connectivity index (χ0v) is 11.5. The fourth-order valence-electron chi connectivity index (χ4n) is 1.47. The maximum atomic E-state index is 2.30. The van der Waals surface area contributed by atoms with Crippen LogP contribution in [0.25, 0.3) is 0 Å². The fraction of sp³-hybridized carbons (Fsp3) is 0.833. The topological polar surface area (TPSA) is 0 Å². The number of hydrogen-bond donors (Lipinski definition) is 0. The molecule has 0 aromatic heterocycles. The molecule has 76 valence electrons. The van der Waals surface area contributed by atoms with Gasteiger partial charge >= 0.3 is 97.8 Å². The van der Waals surface area contributed by atoms with E-state index in [1.54, 1.807) is 23.0 Å². The molecule has 0 amide bonds. The van der Waals surface area contributed by atoms with E-state index in [2.05, 4.69) is 17.0 Å². The normalized spacial score (nSPS) is 11.2. The molecular weight excluding hydrogens is 266 g/mol. The number of hydrogen-bond acceptors (Lipinski definition) is 0. The van der Waals surface area contributed by atoms with Crippen LogP contribution in [0.4, 0.5) is 0 Å². The summed E-state index contributed by atoms with van der Waals surface area (Å²) in [4.78, 5) is 0. The Morgan fingerprint density at radius 3 is 1.92 bits per heavy atom. The molecule has 0 saturated heterocycles. The molecule has 0 bridgehead atoms. The van der Waals surface area contributed by atoms with Crippen LogP contribution in [0.3, 0.4) is 0 Å². The molecule has 1 heteroatoms. The molecule has 0 atom stereocenters. The summed E-state index contributed by atoms with van der Waals surface area (Å²) in [6, 6.07) is 0. The van der Waals surface area contributed by atoms with Crippen LogP contribution in [0.5, 0.6) is 0 Å². The average molecular weight is 289 g/mol. The first-order valence-corrected chi connectivity index (χ1v) is 7.18. The van der Waals surface area contributed by atoms with Crippen LogP contribution in [0.15, 0.2) is 10.1 Å². The molecule has 0 aliphatic carbocycles. The van der Waals surface area contributed by atoms with Gasteiger partial charge in [0.15, 0.2) is 0 Å². The molecule has 0 nitrogen and oxygen atoms in total. The third kappa shape index (κ3) is 12.6. The van der Waals surface area contributed by atoms with E-state index in [0.717, 1.165) is 0 Å². The first kappa shape index (κ1) is 13.6. The van der Waals surface area contributed by atoms with Crippen LogP contribution in [0.2, 0.25) is 0 Å². The van der Waals surface area contributed by atoms with Crippen molar-refractivity contribution in [2.45, 2.75) is 64.7 Å². The average Bonchev–Trinajstić information content (AvgIpc) is 2.16. The van der Waals surface area contributed by atoms with Gasteiger partial charge in [-0.1, -0.05) is 0 Å². The maximum absolute atomic E-state index is 2.30. The second-order valence-corrected chi connectivity index (χ2v) is 4.50. The number of allylic oxidation sites excluding steroid dienone is 1. The molecule has 13 heavy (non-hydrogen) atoms. The van der Waals surface area contributed by atoms with E-state index >= 15 is 0 Å². The van der Waals surface area contributed by atoms with Gasteiger partial charge in [-0.15, -0.1) is 0 Å². The van der Waals surface area contributed by atoms with Crippen molar-refractivity contribution in [3.05, 3.63) is 10.1 Å². The second kappa shape index (κ2) is 12.6. The van der Waals surface area contributed by atoms with Crippen molar-refractivity contribution in [2.24, 2.45) is 0 Å². The third-order valence-electron chi connectivity index (χ3n) is 2.33. The van der Waals surface area contributed by atoms with Gasteiger partial charge in [0.05, 0.1) is 0 Å². The molecule has 0 aromatic rings. The fourth-order valence-corrected chi connectivity index (χ4v) is 1.90. The first-order valence-electron chi connectivity index (χ1n) is 5.71. The van der Waals surface area contributed by atoms with E-state index < -0.39 is 0 Å². The Kier molecular flexibility index (Phi) is 13.1. The Morgan fingerprint density at radius 2 is 1.38 bits per heavy atom. The molecule has 0 aliphatic rings. The van der Waals surface area contributed by atoms with Gasteiger partial charge in [0.1, 0.15) is 0 Å². The Bertz CT molecular complexity index is 108. The van der Waals surface area contributed by atoms with Gasteiger partial charge in [0.2, 0.25) is 0 Å². The van der Waals surface area contributed by atoms with Gasteiger partial charge < -0.3 is 0 Å². The van der Waals surface area contributed by atoms with E-state index in [1.165, 1.54) is 57.8 Å². The van der Waals surface area contributed by atoms with Crippen LogP contribution in [-0.4, -0.2) is 23.0 Å². The summed E-state index contributed by atoms with van der Waals surface area (Å²) in [5.41, 5.74) is 0. The van der Waals surface area contributed by atoms with Crippen molar-refractivity contribution in [2.75, 3.05) is 0 Å². The molecule has 0 rings (SSSR count). The van der Waals surface area contributed by atoms with Crippen molar-refractivity contribution in [1.82, 2.24) is 0 Å². The van der Waals surface area contributed by atoms with Crippen molar-refractivity contribution in [3.8, 4) is 0 Å². The van der Waals surface area contributed by atoms with Crippen LogP contribution in [-0.2, 0) is 0 Å².